The quantitative estimate of drug-likeness (QED) is 0.815. The van der Waals surface area contributed by atoms with Crippen LogP contribution in [0.4, 0.5) is 0 Å². The number of hydrogen-bond acceptors (Lipinski definition) is 5. The molecule has 2 heterocycles. The number of hydrogen-bond donors (Lipinski definition) is 0. The van der Waals surface area contributed by atoms with Gasteiger partial charge in [0, 0.05) is 18.7 Å². The first-order valence-corrected chi connectivity index (χ1v) is 8.91. The summed E-state index contributed by atoms with van der Waals surface area (Å²) in [5, 5.41) is 8.40. The fourth-order valence-electron chi connectivity index (χ4n) is 2.12. The summed E-state index contributed by atoms with van der Waals surface area (Å²) in [5.41, 5.74) is 1.78. The molecule has 0 amide bonds. The Morgan fingerprint density at radius 1 is 0.962 bits per heavy atom. The Labute approximate surface area is 155 Å². The molecule has 0 bridgehead atoms. The Morgan fingerprint density at radius 2 is 1.58 bits per heavy atom. The summed E-state index contributed by atoms with van der Waals surface area (Å²) in [6.45, 7) is 11.4. The first-order valence-electron chi connectivity index (χ1n) is 8.91. The van der Waals surface area contributed by atoms with Crippen LogP contribution in [0.3, 0.4) is 0 Å². The lowest BCUT2D eigenvalue weighted by atomic mass is 10.1. The monoisotopic (exact) mass is 361 g/mol. The molecule has 26 heavy (non-hydrogen) atoms. The van der Waals surface area contributed by atoms with E-state index >= 15 is 0 Å². The van der Waals surface area contributed by atoms with Crippen LogP contribution in [0.15, 0.2) is 33.9 Å². The second kappa shape index (κ2) is 10.0. The lowest BCUT2D eigenvalue weighted by Crippen LogP contribution is -2.28. The van der Waals surface area contributed by atoms with Gasteiger partial charge in [0.25, 0.3) is 11.1 Å². The van der Waals surface area contributed by atoms with Crippen LogP contribution in [-0.2, 0) is 6.54 Å². The van der Waals surface area contributed by atoms with Crippen molar-refractivity contribution < 1.29 is 0 Å². The molecule has 0 saturated carbocycles. The SMILES string of the molecule is CC(C)c1ccc(=O)n(C(C)C)n1.Cc1ccc(=O)n(CCN(C)C)n1. The van der Waals surface area contributed by atoms with Gasteiger partial charge in [-0.2, -0.15) is 10.2 Å². The molecule has 2 rings (SSSR count). The Balaban J connectivity index is 0.000000260. The van der Waals surface area contributed by atoms with E-state index in [0.29, 0.717) is 12.5 Å². The van der Waals surface area contributed by atoms with Crippen LogP contribution < -0.4 is 11.1 Å². The van der Waals surface area contributed by atoms with Gasteiger partial charge in [-0.3, -0.25) is 9.59 Å². The minimum atomic E-state index is -0.0348. The molecule has 2 aromatic heterocycles. The summed E-state index contributed by atoms with van der Waals surface area (Å²) in [5.74, 6) is 0.366. The predicted octanol–water partition coefficient (Wildman–Crippen LogP) is 2.06. The molecule has 0 aromatic carbocycles. The average molecular weight is 361 g/mol. The van der Waals surface area contributed by atoms with Crippen LogP contribution in [-0.4, -0.2) is 45.1 Å². The molecule has 0 N–H and O–H groups in total. The van der Waals surface area contributed by atoms with E-state index in [2.05, 4.69) is 24.0 Å². The molecule has 0 spiro atoms. The lowest BCUT2D eigenvalue weighted by Gasteiger charge is -2.11. The van der Waals surface area contributed by atoms with Crippen LogP contribution in [0.25, 0.3) is 0 Å². The highest BCUT2D eigenvalue weighted by Gasteiger charge is 2.06. The number of aromatic nitrogens is 4. The van der Waals surface area contributed by atoms with Crippen molar-refractivity contribution in [3.63, 3.8) is 0 Å². The third-order valence-corrected chi connectivity index (χ3v) is 3.69. The Hall–Kier alpha value is -2.28. The van der Waals surface area contributed by atoms with Crippen LogP contribution in [0.5, 0.6) is 0 Å². The number of aryl methyl sites for hydroxylation is 1. The van der Waals surface area contributed by atoms with Gasteiger partial charge in [-0.05, 0) is 52.9 Å². The minimum Gasteiger partial charge on any atom is -0.308 e. The van der Waals surface area contributed by atoms with Gasteiger partial charge < -0.3 is 4.90 Å². The van der Waals surface area contributed by atoms with Crippen molar-refractivity contribution in [1.82, 2.24) is 24.5 Å². The molecular weight excluding hydrogens is 330 g/mol. The first kappa shape index (κ1) is 21.8. The van der Waals surface area contributed by atoms with Crippen LogP contribution in [0.2, 0.25) is 0 Å². The standard InChI is InChI=1S/C10H16N2O.C9H15N3O/c1-7(2)9-5-6-10(13)12(11-9)8(3)4;1-8-4-5-9(13)12(10-8)7-6-11(2)3/h5-8H,1-4H3;4-5H,6-7H2,1-3H3. The molecule has 2 aromatic rings. The number of likely N-dealkylation sites (N-methyl/N-ethyl adjacent to an activating group) is 1. The van der Waals surface area contributed by atoms with E-state index in [1.165, 1.54) is 9.36 Å². The maximum atomic E-state index is 11.3. The predicted molar refractivity (Wildman–Crippen MR) is 105 cm³/mol. The summed E-state index contributed by atoms with van der Waals surface area (Å²) < 4.78 is 3.02. The van der Waals surface area contributed by atoms with Crippen molar-refractivity contribution in [2.75, 3.05) is 20.6 Å². The second-order valence-electron chi connectivity index (χ2n) is 7.13. The largest absolute Gasteiger partial charge is 0.308 e. The van der Waals surface area contributed by atoms with Crippen LogP contribution >= 0.6 is 0 Å². The van der Waals surface area contributed by atoms with Gasteiger partial charge in [0.05, 0.1) is 24.0 Å². The van der Waals surface area contributed by atoms with Crippen LogP contribution in [0.1, 0.15) is 51.0 Å². The third-order valence-electron chi connectivity index (χ3n) is 3.69. The maximum Gasteiger partial charge on any atom is 0.266 e. The van der Waals surface area contributed by atoms with Gasteiger partial charge >= 0.3 is 0 Å². The summed E-state index contributed by atoms with van der Waals surface area (Å²) in [7, 11) is 3.95. The summed E-state index contributed by atoms with van der Waals surface area (Å²) in [6, 6.07) is 6.80. The van der Waals surface area contributed by atoms with Gasteiger partial charge in [0.1, 0.15) is 0 Å². The van der Waals surface area contributed by atoms with E-state index in [-0.39, 0.29) is 17.2 Å². The van der Waals surface area contributed by atoms with E-state index in [9.17, 15) is 9.59 Å². The van der Waals surface area contributed by atoms with Crippen molar-refractivity contribution in [3.8, 4) is 0 Å². The molecular formula is C19H31N5O2. The zero-order valence-corrected chi connectivity index (χ0v) is 16.9. The summed E-state index contributed by atoms with van der Waals surface area (Å²) in [4.78, 5) is 24.6. The highest BCUT2D eigenvalue weighted by molar-refractivity contribution is 5.04. The zero-order chi connectivity index (χ0) is 19.9. The summed E-state index contributed by atoms with van der Waals surface area (Å²) >= 11 is 0. The molecule has 0 unspecified atom stereocenters. The van der Waals surface area contributed by atoms with Gasteiger partial charge in [-0.15, -0.1) is 0 Å². The molecule has 0 saturated heterocycles. The first-order chi connectivity index (χ1) is 12.1. The van der Waals surface area contributed by atoms with Crippen molar-refractivity contribution in [3.05, 3.63) is 56.4 Å². The lowest BCUT2D eigenvalue weighted by molar-refractivity contribution is 0.366. The molecule has 0 aliphatic rings. The van der Waals surface area contributed by atoms with E-state index in [4.69, 9.17) is 0 Å². The summed E-state index contributed by atoms with van der Waals surface area (Å²) in [6.07, 6.45) is 0. The molecule has 0 atom stereocenters. The van der Waals surface area contributed by atoms with Crippen molar-refractivity contribution in [2.45, 2.75) is 53.1 Å². The Morgan fingerprint density at radius 3 is 2.12 bits per heavy atom. The fourth-order valence-corrected chi connectivity index (χ4v) is 2.12. The number of rotatable bonds is 5. The van der Waals surface area contributed by atoms with Gasteiger partial charge in [-0.25, -0.2) is 9.36 Å². The minimum absolute atomic E-state index is 0.0283. The molecule has 0 aliphatic carbocycles. The highest BCUT2D eigenvalue weighted by atomic mass is 16.1. The van der Waals surface area contributed by atoms with E-state index in [1.807, 2.05) is 39.8 Å². The topological polar surface area (TPSA) is 73.0 Å². The van der Waals surface area contributed by atoms with Gasteiger partial charge in [0.15, 0.2) is 0 Å². The maximum absolute atomic E-state index is 11.3. The zero-order valence-electron chi connectivity index (χ0n) is 16.9. The van der Waals surface area contributed by atoms with Crippen molar-refractivity contribution >= 4 is 0 Å². The van der Waals surface area contributed by atoms with E-state index in [1.54, 1.807) is 24.3 Å². The Bertz CT molecular complexity index is 806. The Kier molecular flexibility index (Phi) is 8.38. The van der Waals surface area contributed by atoms with Crippen molar-refractivity contribution in [2.24, 2.45) is 0 Å². The molecule has 0 radical (unpaired) electrons. The van der Waals surface area contributed by atoms with Gasteiger partial charge in [-0.1, -0.05) is 13.8 Å². The third kappa shape index (κ3) is 6.92. The normalized spacial score (nSPS) is 11.0. The second-order valence-corrected chi connectivity index (χ2v) is 7.13. The number of nitrogens with zero attached hydrogens (tertiary/aromatic N) is 5. The van der Waals surface area contributed by atoms with E-state index in [0.717, 1.165) is 17.9 Å². The molecule has 144 valence electrons. The average Bonchev–Trinajstić information content (AvgIpc) is 2.56. The smallest absolute Gasteiger partial charge is 0.266 e. The highest BCUT2D eigenvalue weighted by Crippen LogP contribution is 2.09. The van der Waals surface area contributed by atoms with Gasteiger partial charge in [0.2, 0.25) is 0 Å². The van der Waals surface area contributed by atoms with Crippen molar-refractivity contribution in [1.29, 1.82) is 0 Å². The fraction of sp³-hybridized carbons (Fsp3) is 0.579. The van der Waals surface area contributed by atoms with Crippen LogP contribution in [0, 0.1) is 6.92 Å². The molecule has 7 nitrogen and oxygen atoms in total. The molecule has 7 heteroatoms. The molecule has 0 aliphatic heterocycles. The molecule has 0 fully saturated rings. The van der Waals surface area contributed by atoms with E-state index < -0.39 is 0 Å².